The van der Waals surface area contributed by atoms with Gasteiger partial charge in [-0.15, -0.1) is 18.3 Å². The highest BCUT2D eigenvalue weighted by Gasteiger charge is 2.27. The molecule has 2 unspecified atom stereocenters. The lowest BCUT2D eigenvalue weighted by molar-refractivity contribution is 0.540. The highest BCUT2D eigenvalue weighted by atomic mass is 32.2. The molecule has 0 saturated carbocycles. The van der Waals surface area contributed by atoms with Gasteiger partial charge < -0.3 is 5.73 Å². The maximum atomic E-state index is 6.22. The first kappa shape index (κ1) is 10.8. The molecule has 1 aromatic carbocycles. The molecule has 80 valence electrons. The molecule has 1 nitrogen and oxygen atoms in total. The summed E-state index contributed by atoms with van der Waals surface area (Å²) in [4.78, 5) is 1.41. The highest BCUT2D eigenvalue weighted by molar-refractivity contribution is 7.99. The average molecular weight is 219 g/mol. The summed E-state index contributed by atoms with van der Waals surface area (Å²) in [6, 6.07) is 8.90. The molecule has 1 aliphatic rings. The lowest BCUT2D eigenvalue weighted by atomic mass is 9.91. The Labute approximate surface area is 95.8 Å². The van der Waals surface area contributed by atoms with Gasteiger partial charge in [-0.25, -0.2) is 0 Å². The first-order chi connectivity index (χ1) is 7.33. The predicted octanol–water partition coefficient (Wildman–Crippen LogP) is 3.17. The van der Waals surface area contributed by atoms with Gasteiger partial charge in [0.15, 0.2) is 0 Å². The fourth-order valence-electron chi connectivity index (χ4n) is 2.05. The van der Waals surface area contributed by atoms with Gasteiger partial charge in [0.1, 0.15) is 0 Å². The van der Waals surface area contributed by atoms with Crippen molar-refractivity contribution in [2.24, 2.45) is 5.73 Å². The van der Waals surface area contributed by atoms with Gasteiger partial charge in [-0.3, -0.25) is 0 Å². The van der Waals surface area contributed by atoms with Crippen LogP contribution in [0.2, 0.25) is 0 Å². The van der Waals surface area contributed by atoms with Crippen LogP contribution in [0.4, 0.5) is 0 Å². The summed E-state index contributed by atoms with van der Waals surface area (Å²) in [5.74, 6) is 1.67. The van der Waals surface area contributed by atoms with Gasteiger partial charge >= 0.3 is 0 Å². The SMILES string of the molecule is C=CCCC(N)C1CSc2ccccc21. The molecular weight excluding hydrogens is 202 g/mol. The summed E-state index contributed by atoms with van der Waals surface area (Å²) in [6.45, 7) is 3.74. The minimum atomic E-state index is 0.277. The van der Waals surface area contributed by atoms with E-state index in [0.29, 0.717) is 5.92 Å². The van der Waals surface area contributed by atoms with Crippen LogP contribution in [0.5, 0.6) is 0 Å². The Morgan fingerprint density at radius 2 is 2.33 bits per heavy atom. The van der Waals surface area contributed by atoms with E-state index in [4.69, 9.17) is 5.73 Å². The molecule has 0 aromatic heterocycles. The predicted molar refractivity (Wildman–Crippen MR) is 67.3 cm³/mol. The van der Waals surface area contributed by atoms with E-state index in [-0.39, 0.29) is 6.04 Å². The fourth-order valence-corrected chi connectivity index (χ4v) is 3.40. The van der Waals surface area contributed by atoms with Gasteiger partial charge in [-0.1, -0.05) is 24.3 Å². The van der Waals surface area contributed by atoms with Gasteiger partial charge in [0, 0.05) is 22.6 Å². The van der Waals surface area contributed by atoms with E-state index in [1.165, 1.54) is 10.5 Å². The molecule has 0 amide bonds. The number of benzene rings is 1. The van der Waals surface area contributed by atoms with Crippen molar-refractivity contribution in [2.75, 3.05) is 5.75 Å². The molecule has 0 bridgehead atoms. The van der Waals surface area contributed by atoms with Crippen LogP contribution in [0.3, 0.4) is 0 Å². The first-order valence-electron chi connectivity index (χ1n) is 5.41. The molecule has 2 heteroatoms. The fraction of sp³-hybridized carbons (Fsp3) is 0.385. The Morgan fingerprint density at radius 1 is 1.53 bits per heavy atom. The van der Waals surface area contributed by atoms with Crippen molar-refractivity contribution in [3.63, 3.8) is 0 Å². The van der Waals surface area contributed by atoms with Gasteiger partial charge in [0.2, 0.25) is 0 Å². The number of rotatable bonds is 4. The minimum absolute atomic E-state index is 0.277. The number of fused-ring (bicyclic) bond motifs is 1. The molecule has 2 N–H and O–H groups in total. The van der Waals surface area contributed by atoms with E-state index >= 15 is 0 Å². The van der Waals surface area contributed by atoms with Crippen molar-refractivity contribution in [2.45, 2.75) is 29.7 Å². The average Bonchev–Trinajstić information content (AvgIpc) is 2.69. The molecule has 2 atom stereocenters. The maximum Gasteiger partial charge on any atom is 0.0119 e. The summed E-state index contributed by atoms with van der Waals surface area (Å²) in [7, 11) is 0. The summed E-state index contributed by atoms with van der Waals surface area (Å²) < 4.78 is 0. The van der Waals surface area contributed by atoms with Crippen LogP contribution in [-0.4, -0.2) is 11.8 Å². The van der Waals surface area contributed by atoms with E-state index in [1.807, 2.05) is 17.8 Å². The third kappa shape index (κ3) is 2.27. The standard InChI is InChI=1S/C13H17NS/c1-2-3-7-12(14)11-9-15-13-8-5-4-6-10(11)13/h2,4-6,8,11-12H,1,3,7,9,14H2. The molecule has 2 rings (SSSR count). The number of nitrogens with two attached hydrogens (primary N) is 1. The second-order valence-corrected chi connectivity index (χ2v) is 5.05. The van der Waals surface area contributed by atoms with Crippen LogP contribution in [0.15, 0.2) is 41.8 Å². The summed E-state index contributed by atoms with van der Waals surface area (Å²) in [5, 5.41) is 0. The van der Waals surface area contributed by atoms with Crippen molar-refractivity contribution >= 4 is 11.8 Å². The third-order valence-electron chi connectivity index (χ3n) is 2.96. The second-order valence-electron chi connectivity index (χ2n) is 3.99. The Bertz CT molecular complexity index is 348. The molecule has 0 saturated heterocycles. The number of hydrogen-bond donors (Lipinski definition) is 1. The van der Waals surface area contributed by atoms with E-state index < -0.39 is 0 Å². The quantitative estimate of drug-likeness (QED) is 0.787. The van der Waals surface area contributed by atoms with Crippen LogP contribution in [0.1, 0.15) is 24.3 Å². The van der Waals surface area contributed by atoms with Gasteiger partial charge in [0.25, 0.3) is 0 Å². The van der Waals surface area contributed by atoms with E-state index in [0.717, 1.165) is 18.6 Å². The Balaban J connectivity index is 2.09. The van der Waals surface area contributed by atoms with E-state index in [2.05, 4.69) is 30.8 Å². The molecule has 0 radical (unpaired) electrons. The van der Waals surface area contributed by atoms with E-state index in [1.54, 1.807) is 0 Å². The normalized spacial score (nSPS) is 21.0. The first-order valence-corrected chi connectivity index (χ1v) is 6.39. The zero-order valence-corrected chi connectivity index (χ0v) is 9.67. The number of hydrogen-bond acceptors (Lipinski definition) is 2. The molecule has 1 aliphatic heterocycles. The van der Waals surface area contributed by atoms with Crippen LogP contribution in [0.25, 0.3) is 0 Å². The van der Waals surface area contributed by atoms with Crippen molar-refractivity contribution < 1.29 is 0 Å². The van der Waals surface area contributed by atoms with Gasteiger partial charge in [-0.05, 0) is 24.5 Å². The summed E-state index contributed by atoms with van der Waals surface area (Å²) in [5.41, 5.74) is 7.66. The van der Waals surface area contributed by atoms with Crippen LogP contribution in [0, 0.1) is 0 Å². The molecule has 1 heterocycles. The highest BCUT2D eigenvalue weighted by Crippen LogP contribution is 2.41. The topological polar surface area (TPSA) is 26.0 Å². The smallest absolute Gasteiger partial charge is 0.0119 e. The minimum Gasteiger partial charge on any atom is -0.327 e. The van der Waals surface area contributed by atoms with Crippen molar-refractivity contribution in [1.82, 2.24) is 0 Å². The van der Waals surface area contributed by atoms with Crippen molar-refractivity contribution in [3.05, 3.63) is 42.5 Å². The second kappa shape index (κ2) is 4.86. The van der Waals surface area contributed by atoms with Crippen LogP contribution >= 0.6 is 11.8 Å². The van der Waals surface area contributed by atoms with Gasteiger partial charge in [-0.2, -0.15) is 0 Å². The Hall–Kier alpha value is -0.730. The number of allylic oxidation sites excluding steroid dienone is 1. The van der Waals surface area contributed by atoms with Crippen molar-refractivity contribution in [3.8, 4) is 0 Å². The third-order valence-corrected chi connectivity index (χ3v) is 4.17. The lowest BCUT2D eigenvalue weighted by Crippen LogP contribution is -2.28. The molecule has 0 fully saturated rings. The van der Waals surface area contributed by atoms with Crippen molar-refractivity contribution in [1.29, 1.82) is 0 Å². The molecular formula is C13H17NS. The Morgan fingerprint density at radius 3 is 3.13 bits per heavy atom. The number of thioether (sulfide) groups is 1. The lowest BCUT2D eigenvalue weighted by Gasteiger charge is -2.18. The largest absolute Gasteiger partial charge is 0.327 e. The molecule has 1 aromatic rings. The summed E-state index contributed by atoms with van der Waals surface area (Å²) >= 11 is 1.93. The van der Waals surface area contributed by atoms with E-state index in [9.17, 15) is 0 Å². The zero-order chi connectivity index (χ0) is 10.7. The monoisotopic (exact) mass is 219 g/mol. The Kier molecular flexibility index (Phi) is 3.49. The van der Waals surface area contributed by atoms with Gasteiger partial charge in [0.05, 0.1) is 0 Å². The molecule has 0 spiro atoms. The zero-order valence-electron chi connectivity index (χ0n) is 8.86. The molecule has 0 aliphatic carbocycles. The van der Waals surface area contributed by atoms with Crippen LogP contribution < -0.4 is 5.73 Å². The van der Waals surface area contributed by atoms with Crippen LogP contribution in [-0.2, 0) is 0 Å². The maximum absolute atomic E-state index is 6.22. The molecule has 15 heavy (non-hydrogen) atoms. The summed E-state index contributed by atoms with van der Waals surface area (Å²) in [6.07, 6.45) is 4.02.